The Morgan fingerprint density at radius 3 is 0.757 bits per heavy atom. The fourth-order valence-electron chi connectivity index (χ4n) is 9.60. The van der Waals surface area contributed by atoms with E-state index in [1.54, 1.807) is 155 Å². The molecule has 42 nitrogen and oxygen atoms in total. The van der Waals surface area contributed by atoms with Crippen LogP contribution in [0, 0.1) is 35.5 Å². The number of rotatable bonds is 52. The number of Topliss-reactive ketones (excluding diaryl/α,β-unsaturated/α-hetero) is 6. The summed E-state index contributed by atoms with van der Waals surface area (Å²) in [6.07, 6.45) is 3.78. The van der Waals surface area contributed by atoms with Gasteiger partial charge < -0.3 is 85.3 Å². The summed E-state index contributed by atoms with van der Waals surface area (Å²) in [6.45, 7) is 34.1. The zero-order valence-electron chi connectivity index (χ0n) is 87.8. The van der Waals surface area contributed by atoms with Gasteiger partial charge in [-0.3, -0.25) is 86.3 Å². The van der Waals surface area contributed by atoms with Gasteiger partial charge >= 0.3 is 103 Å². The average Bonchev–Trinajstić information content (AvgIpc) is 0.901. The molecule has 1 aromatic carbocycles. The number of ether oxygens (including phenoxy) is 18. The van der Waals surface area contributed by atoms with E-state index in [9.17, 15) is 115 Å². The van der Waals surface area contributed by atoms with Crippen molar-refractivity contribution in [1.82, 2.24) is 0 Å². The third kappa shape index (κ3) is 79.9. The normalized spacial score (nSPS) is 13.1. The summed E-state index contributed by atoms with van der Waals surface area (Å²) < 4.78 is 80.4. The van der Waals surface area contributed by atoms with Crippen LogP contribution in [0.25, 0.3) is 0 Å². The molecule has 0 bridgehead atoms. The summed E-state index contributed by atoms with van der Waals surface area (Å²) in [5.74, 6) is -12.6. The maximum absolute atomic E-state index is 12.6. The Morgan fingerprint density at radius 1 is 0.304 bits per heavy atom. The van der Waals surface area contributed by atoms with Crippen LogP contribution >= 0.6 is 146 Å². The number of para-hydroxylation sites is 1. The van der Waals surface area contributed by atoms with E-state index < -0.39 is 214 Å². The Bertz CT molecular complexity index is 4470. The lowest BCUT2D eigenvalue weighted by Gasteiger charge is -2.25. The van der Waals surface area contributed by atoms with Crippen molar-refractivity contribution in [2.75, 3.05) is 89.0 Å². The number of carbonyl (C=O) groups excluding carboxylic acids is 24. The molecule has 0 N–H and O–H groups in total. The zero-order chi connectivity index (χ0) is 115. The lowest BCUT2D eigenvalue weighted by molar-refractivity contribution is -0.160. The highest BCUT2D eigenvalue weighted by molar-refractivity contribution is 8.14. The van der Waals surface area contributed by atoms with Gasteiger partial charge in [-0.1, -0.05) is 24.6 Å². The molecule has 1 aliphatic carbocycles. The predicted octanol–water partition coefficient (Wildman–Crippen LogP) is 16.5. The number of esters is 12. The van der Waals surface area contributed by atoms with Crippen molar-refractivity contribution in [3.63, 3.8) is 0 Å². The topological polar surface area (TPSA) is 576 Å². The van der Waals surface area contributed by atoms with Gasteiger partial charge in [0.25, 0.3) is 0 Å². The van der Waals surface area contributed by atoms with Gasteiger partial charge in [0.2, 0.25) is 40.8 Å². The number of thiol groups is 6. The lowest BCUT2D eigenvalue weighted by atomic mass is 9.95. The van der Waals surface area contributed by atoms with Crippen molar-refractivity contribution in [1.29, 1.82) is 0 Å². The molecule has 0 spiro atoms. The van der Waals surface area contributed by atoms with Gasteiger partial charge in [0.1, 0.15) is 52.2 Å². The number of ketones is 6. The molecule has 54 heteroatoms. The monoisotopic (exact) mass is 2330 g/mol. The molecular weight excluding hydrogens is 2190 g/mol. The second-order valence-corrected chi connectivity index (χ2v) is 48.2. The van der Waals surface area contributed by atoms with E-state index in [1.807, 2.05) is 0 Å². The Kier molecular flexibility index (Phi) is 75.5. The second-order valence-electron chi connectivity index (χ2n) is 35.8. The molecule has 1 saturated carbocycles. The SMILES string of the molecule is CC(=O)OCOC(=O)SC[C@H](CC(=O)C(C)(C)S)C(=O)OC(C)(C)C.CC(=O)OCOC(=O)SC[C@H](CC(=O)C(C)(C)S)C(=O)OC(C)C.CC(=O)OCOC(=O)SC[C@H](CC(=O)C(C)(C)S)C(=O)OC1CCCCC1.CC(=O)OCOC(=O)SC[C@H](CC(=O)C(C)(C)S)C(=O)Oc1ccccc1.CCOC(=O)[C@H](CSC(=O)OCOC(C)=O)CC(=O)C(C)(C)S.COC(=O)[C@H](CSC(=O)OCOC(C)=O)CC(=O)C(C)(C)S. The van der Waals surface area contributed by atoms with Crippen molar-refractivity contribution in [3.05, 3.63) is 30.3 Å². The van der Waals surface area contributed by atoms with Crippen LogP contribution in [-0.2, 0) is 167 Å². The van der Waals surface area contributed by atoms with E-state index in [4.69, 9.17) is 33.2 Å². The molecule has 1 fully saturated rings. The van der Waals surface area contributed by atoms with Gasteiger partial charge in [-0.05, 0) is 233 Å². The Labute approximate surface area is 921 Å². The second kappa shape index (κ2) is 76.4. The minimum atomic E-state index is -0.925. The smallest absolute Gasteiger partial charge is 0.370 e. The van der Waals surface area contributed by atoms with E-state index >= 15 is 0 Å². The summed E-state index contributed by atoms with van der Waals surface area (Å²) in [6, 6.07) is 8.41. The van der Waals surface area contributed by atoms with Gasteiger partial charge in [-0.2, -0.15) is 75.8 Å². The number of hydrogen-bond acceptors (Lipinski definition) is 54. The first kappa shape index (κ1) is 146. The van der Waals surface area contributed by atoms with E-state index in [2.05, 4.69) is 128 Å². The Morgan fingerprint density at radius 2 is 0.534 bits per heavy atom. The summed E-state index contributed by atoms with van der Waals surface area (Å²) in [5, 5.41) is -4.27. The molecule has 0 aliphatic heterocycles. The third-order valence-electron chi connectivity index (χ3n) is 17.8. The fraction of sp³-hybridized carbons (Fsp3) is 0.681. The number of hydrogen-bond donors (Lipinski definition) is 6. The van der Waals surface area contributed by atoms with Crippen molar-refractivity contribution in [3.8, 4) is 5.75 Å². The fourth-order valence-corrected chi connectivity index (χ4v) is 14.5. The van der Waals surface area contributed by atoms with Crippen LogP contribution in [0.1, 0.15) is 237 Å². The molecule has 1 aliphatic rings. The first-order valence-electron chi connectivity index (χ1n) is 45.3. The Balaban J connectivity index is -0.000000842. The molecule has 148 heavy (non-hydrogen) atoms. The zero-order valence-corrected chi connectivity index (χ0v) is 98.0. The summed E-state index contributed by atoms with van der Waals surface area (Å²) in [4.78, 5) is 279. The van der Waals surface area contributed by atoms with Crippen LogP contribution in [0.5, 0.6) is 5.75 Å². The summed E-state index contributed by atoms with van der Waals surface area (Å²) >= 11 is 29.5. The molecule has 1 aromatic rings. The van der Waals surface area contributed by atoms with Gasteiger partial charge in [0, 0.05) is 115 Å². The van der Waals surface area contributed by atoms with Crippen LogP contribution in [-0.4, -0.2) is 273 Å². The standard InChI is InChI=1S/C18H28O7S2.C18H22O7S2.C16H26O7S2.C15H24O7S2.C14H22O7S2.C13H20O7S2/c2*1-12(19)23-11-24-17(22)27-10-13(9-15(20)18(2,3)26)16(21)25-14-7-5-4-6-8-14;1-10(17)21-9-22-14(20)25-8-11(7-12(18)16(5,6)24)13(19)23-15(2,3)4;1-9(2)22-13(18)11(6-12(17)15(4,5)23)7-24-14(19)21-8-20-10(3)16;1-5-19-12(17)10(6-11(16)14(3,4)22)7-23-13(18)21-8-20-9(2)15;1-8(14)19-7-20-12(17)22-6-9(11(16)18-4)5-10(15)13(2,3)21/h13-14,26H,4-11H2,1-3H3;4-8,13,26H,9-11H2,1-3H3;11,24H,7-9H2,1-6H3;9,11,23H,6-8H2,1-5H3;10,22H,5-8H2,1-4H3;9,21H,5-7H2,1-4H3/t2*13-;2*11-;10-;9-/m000000/s1. The Hall–Kier alpha value is -8.10. The predicted molar refractivity (Wildman–Crippen MR) is 571 cm³/mol. The third-order valence-corrected chi connectivity index (χ3v) is 24.8. The van der Waals surface area contributed by atoms with Crippen LogP contribution < -0.4 is 4.74 Å². The number of carbonyl (C=O) groups is 24. The highest BCUT2D eigenvalue weighted by Crippen LogP contribution is 2.33. The molecule has 0 saturated heterocycles. The van der Waals surface area contributed by atoms with Crippen molar-refractivity contribution in [2.45, 2.75) is 283 Å². The summed E-state index contributed by atoms with van der Waals surface area (Å²) in [5.41, 5.74) is -0.713. The molecule has 0 aromatic heterocycles. The molecule has 0 heterocycles. The quantitative estimate of drug-likeness (QED) is 0.0116. The van der Waals surface area contributed by atoms with Crippen molar-refractivity contribution in [2.24, 2.45) is 35.5 Å². The highest BCUT2D eigenvalue weighted by atomic mass is 32.2. The van der Waals surface area contributed by atoms with E-state index in [-0.39, 0.29) is 127 Å². The van der Waals surface area contributed by atoms with Gasteiger partial charge in [-0.25, -0.2) is 28.8 Å². The molecule has 0 radical (unpaired) electrons. The number of methoxy groups -OCH3 is 1. The first-order valence-corrected chi connectivity index (χ1v) is 53.9. The first-order chi connectivity index (χ1) is 68.0. The number of thioether (sulfide) groups is 6. The molecule has 842 valence electrons. The maximum Gasteiger partial charge on any atom is 0.370 e. The highest BCUT2D eigenvalue weighted by Gasteiger charge is 2.39. The van der Waals surface area contributed by atoms with E-state index in [1.165, 1.54) is 48.7 Å². The van der Waals surface area contributed by atoms with Crippen LogP contribution in [0.2, 0.25) is 0 Å². The van der Waals surface area contributed by atoms with Gasteiger partial charge in [0.15, 0.2) is 0 Å². The number of benzene rings is 1. The maximum atomic E-state index is 12.6. The van der Waals surface area contributed by atoms with Crippen LogP contribution in [0.15, 0.2) is 30.3 Å². The minimum absolute atomic E-state index is 0.00339. The minimum Gasteiger partial charge on any atom is -0.469 e. The average molecular weight is 2330 g/mol. The van der Waals surface area contributed by atoms with Crippen LogP contribution in [0.4, 0.5) is 28.8 Å². The molecule has 6 atom stereocenters. The molecule has 2 rings (SSSR count). The van der Waals surface area contributed by atoms with Gasteiger partial charge in [-0.15, -0.1) is 0 Å². The van der Waals surface area contributed by atoms with E-state index in [0.717, 1.165) is 43.9 Å². The van der Waals surface area contributed by atoms with Crippen molar-refractivity contribution < 1.29 is 200 Å². The van der Waals surface area contributed by atoms with Crippen LogP contribution in [0.3, 0.4) is 0 Å². The summed E-state index contributed by atoms with van der Waals surface area (Å²) in [7, 11) is 1.20. The molecular formula is C94H142O42S12. The largest absolute Gasteiger partial charge is 0.469 e. The van der Waals surface area contributed by atoms with Gasteiger partial charge in [0.05, 0.1) is 83.8 Å². The lowest BCUT2D eigenvalue weighted by Crippen LogP contribution is -2.34. The molecule has 0 amide bonds. The van der Waals surface area contributed by atoms with Crippen molar-refractivity contribution >= 4 is 284 Å². The molecule has 0 unspecified atom stereocenters. The van der Waals surface area contributed by atoms with E-state index in [0.29, 0.717) is 64.6 Å².